The SMILES string of the molecule is CN(C)C1CN(CC2(N)CCC2)C1. The number of likely N-dealkylation sites (N-methyl/N-ethyl adjacent to an activating group) is 1. The topological polar surface area (TPSA) is 32.5 Å². The van der Waals surface area contributed by atoms with Crippen LogP contribution >= 0.6 is 0 Å². The molecule has 0 spiro atoms. The molecule has 2 N–H and O–H groups in total. The average molecular weight is 183 g/mol. The maximum Gasteiger partial charge on any atom is 0.0344 e. The smallest absolute Gasteiger partial charge is 0.0344 e. The molecule has 76 valence electrons. The summed E-state index contributed by atoms with van der Waals surface area (Å²) in [6.07, 6.45) is 3.80. The van der Waals surface area contributed by atoms with Crippen molar-refractivity contribution >= 4 is 0 Å². The molecule has 1 saturated heterocycles. The molecule has 0 aromatic carbocycles. The summed E-state index contributed by atoms with van der Waals surface area (Å²) < 4.78 is 0. The third kappa shape index (κ3) is 1.87. The lowest BCUT2D eigenvalue weighted by atomic mass is 9.77. The third-order valence-electron chi connectivity index (χ3n) is 3.56. The van der Waals surface area contributed by atoms with Crippen LogP contribution in [0.15, 0.2) is 0 Å². The predicted molar refractivity (Wildman–Crippen MR) is 54.7 cm³/mol. The summed E-state index contributed by atoms with van der Waals surface area (Å²) in [7, 11) is 4.31. The molecule has 3 nitrogen and oxygen atoms in total. The average Bonchev–Trinajstić information content (AvgIpc) is 1.91. The van der Waals surface area contributed by atoms with E-state index in [1.165, 1.54) is 32.4 Å². The number of likely N-dealkylation sites (tertiary alicyclic amines) is 1. The van der Waals surface area contributed by atoms with Gasteiger partial charge in [0, 0.05) is 31.2 Å². The van der Waals surface area contributed by atoms with Crippen molar-refractivity contribution in [1.82, 2.24) is 9.80 Å². The molecule has 2 fully saturated rings. The van der Waals surface area contributed by atoms with Crippen LogP contribution in [0.25, 0.3) is 0 Å². The zero-order chi connectivity index (χ0) is 9.47. The third-order valence-corrected chi connectivity index (χ3v) is 3.56. The molecule has 3 heteroatoms. The Kier molecular flexibility index (Phi) is 2.34. The number of hydrogen-bond acceptors (Lipinski definition) is 3. The summed E-state index contributed by atoms with van der Waals surface area (Å²) in [5, 5.41) is 0. The quantitative estimate of drug-likeness (QED) is 0.674. The standard InChI is InChI=1S/C10H21N3/c1-12(2)9-6-13(7-9)8-10(11)4-3-5-10/h9H,3-8,11H2,1-2H3. The summed E-state index contributed by atoms with van der Waals surface area (Å²) in [5.41, 5.74) is 6.36. The van der Waals surface area contributed by atoms with Gasteiger partial charge in [-0.25, -0.2) is 0 Å². The van der Waals surface area contributed by atoms with Crippen LogP contribution in [0.5, 0.6) is 0 Å². The molecule has 0 aromatic heterocycles. The first-order valence-corrected chi connectivity index (χ1v) is 5.27. The first kappa shape index (κ1) is 9.44. The lowest BCUT2D eigenvalue weighted by Gasteiger charge is -2.49. The molecular formula is C10H21N3. The normalized spacial score (nSPS) is 28.6. The molecule has 1 heterocycles. The lowest BCUT2D eigenvalue weighted by molar-refractivity contribution is 0.0285. The van der Waals surface area contributed by atoms with Gasteiger partial charge in [0.15, 0.2) is 0 Å². The van der Waals surface area contributed by atoms with Crippen LogP contribution in [0.4, 0.5) is 0 Å². The minimum Gasteiger partial charge on any atom is -0.324 e. The fourth-order valence-electron chi connectivity index (χ4n) is 2.23. The van der Waals surface area contributed by atoms with Crippen molar-refractivity contribution in [2.75, 3.05) is 33.7 Å². The molecule has 1 aliphatic heterocycles. The van der Waals surface area contributed by atoms with Crippen molar-refractivity contribution in [3.8, 4) is 0 Å². The highest BCUT2D eigenvalue weighted by atomic mass is 15.3. The molecule has 1 aliphatic carbocycles. The summed E-state index contributed by atoms with van der Waals surface area (Å²) in [5.74, 6) is 0. The molecule has 0 amide bonds. The maximum atomic E-state index is 6.18. The monoisotopic (exact) mass is 183 g/mol. The van der Waals surface area contributed by atoms with Gasteiger partial charge < -0.3 is 10.6 Å². The molecular weight excluding hydrogens is 162 g/mol. The molecule has 13 heavy (non-hydrogen) atoms. The Morgan fingerprint density at radius 2 is 2.00 bits per heavy atom. The van der Waals surface area contributed by atoms with Gasteiger partial charge in [0.25, 0.3) is 0 Å². The maximum absolute atomic E-state index is 6.18. The van der Waals surface area contributed by atoms with Gasteiger partial charge in [-0.15, -0.1) is 0 Å². The lowest BCUT2D eigenvalue weighted by Crippen LogP contribution is -2.64. The van der Waals surface area contributed by atoms with Crippen LogP contribution in [0.2, 0.25) is 0 Å². The van der Waals surface area contributed by atoms with E-state index < -0.39 is 0 Å². The number of nitrogens with two attached hydrogens (primary N) is 1. The highest BCUT2D eigenvalue weighted by Gasteiger charge is 2.38. The summed E-state index contributed by atoms with van der Waals surface area (Å²) in [4.78, 5) is 4.80. The van der Waals surface area contributed by atoms with Crippen molar-refractivity contribution in [3.63, 3.8) is 0 Å². The highest BCUT2D eigenvalue weighted by molar-refractivity contribution is 4.98. The van der Waals surface area contributed by atoms with Crippen molar-refractivity contribution in [1.29, 1.82) is 0 Å². The summed E-state index contributed by atoms with van der Waals surface area (Å²) >= 11 is 0. The number of rotatable bonds is 3. The van der Waals surface area contributed by atoms with Gasteiger partial charge in [-0.1, -0.05) is 0 Å². The van der Waals surface area contributed by atoms with E-state index in [0.29, 0.717) is 0 Å². The first-order chi connectivity index (χ1) is 6.09. The highest BCUT2D eigenvalue weighted by Crippen LogP contribution is 2.31. The summed E-state index contributed by atoms with van der Waals surface area (Å²) in [6, 6.07) is 0.767. The minimum atomic E-state index is 0.178. The largest absolute Gasteiger partial charge is 0.324 e. The van der Waals surface area contributed by atoms with E-state index >= 15 is 0 Å². The van der Waals surface area contributed by atoms with Crippen molar-refractivity contribution in [2.45, 2.75) is 30.8 Å². The zero-order valence-corrected chi connectivity index (χ0v) is 8.79. The van der Waals surface area contributed by atoms with Gasteiger partial charge >= 0.3 is 0 Å². The van der Waals surface area contributed by atoms with Crippen LogP contribution in [0.1, 0.15) is 19.3 Å². The molecule has 1 saturated carbocycles. The van der Waals surface area contributed by atoms with Crippen LogP contribution in [-0.4, -0.2) is 55.1 Å². The van der Waals surface area contributed by atoms with E-state index in [1.54, 1.807) is 0 Å². The van der Waals surface area contributed by atoms with Crippen LogP contribution in [-0.2, 0) is 0 Å². The molecule has 0 atom stereocenters. The number of hydrogen-bond donors (Lipinski definition) is 1. The molecule has 0 unspecified atom stereocenters. The van der Waals surface area contributed by atoms with Gasteiger partial charge in [-0.2, -0.15) is 0 Å². The molecule has 2 aliphatic rings. The van der Waals surface area contributed by atoms with Gasteiger partial charge in [-0.3, -0.25) is 4.90 Å². The molecule has 0 radical (unpaired) electrons. The van der Waals surface area contributed by atoms with Crippen LogP contribution in [0, 0.1) is 0 Å². The molecule has 0 aromatic rings. The first-order valence-electron chi connectivity index (χ1n) is 5.27. The van der Waals surface area contributed by atoms with Crippen molar-refractivity contribution in [3.05, 3.63) is 0 Å². The zero-order valence-electron chi connectivity index (χ0n) is 8.79. The Morgan fingerprint density at radius 3 is 2.38 bits per heavy atom. The van der Waals surface area contributed by atoms with Gasteiger partial charge in [0.05, 0.1) is 0 Å². The minimum absolute atomic E-state index is 0.178. The second-order valence-corrected chi connectivity index (χ2v) is 5.03. The fourth-order valence-corrected chi connectivity index (χ4v) is 2.23. The van der Waals surface area contributed by atoms with E-state index in [9.17, 15) is 0 Å². The number of nitrogens with zero attached hydrogens (tertiary/aromatic N) is 2. The van der Waals surface area contributed by atoms with E-state index in [-0.39, 0.29) is 5.54 Å². The molecule has 2 rings (SSSR count). The van der Waals surface area contributed by atoms with Crippen molar-refractivity contribution < 1.29 is 0 Å². The Hall–Kier alpha value is -0.120. The predicted octanol–water partition coefficient (Wildman–Crippen LogP) is 0.114. The van der Waals surface area contributed by atoms with Gasteiger partial charge in [0.1, 0.15) is 0 Å². The van der Waals surface area contributed by atoms with Crippen LogP contribution in [0.3, 0.4) is 0 Å². The van der Waals surface area contributed by atoms with Crippen LogP contribution < -0.4 is 5.73 Å². The fraction of sp³-hybridized carbons (Fsp3) is 1.00. The Labute approximate surface area is 80.9 Å². The Balaban J connectivity index is 1.69. The van der Waals surface area contributed by atoms with Gasteiger partial charge in [-0.05, 0) is 33.4 Å². The Morgan fingerprint density at radius 1 is 1.38 bits per heavy atom. The molecule has 0 bridgehead atoms. The second kappa shape index (κ2) is 3.23. The van der Waals surface area contributed by atoms with Gasteiger partial charge in [0.2, 0.25) is 0 Å². The van der Waals surface area contributed by atoms with E-state index in [4.69, 9.17) is 5.73 Å². The Bertz CT molecular complexity index is 181. The van der Waals surface area contributed by atoms with E-state index in [2.05, 4.69) is 23.9 Å². The van der Waals surface area contributed by atoms with E-state index in [0.717, 1.165) is 12.6 Å². The van der Waals surface area contributed by atoms with Crippen molar-refractivity contribution in [2.24, 2.45) is 5.73 Å². The second-order valence-electron chi connectivity index (χ2n) is 5.03. The van der Waals surface area contributed by atoms with E-state index in [1.807, 2.05) is 0 Å². The summed E-state index contributed by atoms with van der Waals surface area (Å²) in [6.45, 7) is 3.55.